The van der Waals surface area contributed by atoms with Crippen LogP contribution in [-0.2, 0) is 16.6 Å². The lowest BCUT2D eigenvalue weighted by atomic mass is 10.1. The molecule has 32 heavy (non-hydrogen) atoms. The fraction of sp³-hybridized carbons (Fsp3) is 0.292. The number of carbonyl (C=O) groups is 3. The predicted octanol–water partition coefficient (Wildman–Crippen LogP) is 2.09. The van der Waals surface area contributed by atoms with Gasteiger partial charge in [-0.25, -0.2) is 0 Å². The fourth-order valence-electron chi connectivity index (χ4n) is 4.07. The van der Waals surface area contributed by atoms with Crippen molar-refractivity contribution >= 4 is 34.3 Å². The summed E-state index contributed by atoms with van der Waals surface area (Å²) in [5.74, 6) is -0.357. The first kappa shape index (κ1) is 21.4. The molecule has 8 heteroatoms. The monoisotopic (exact) mass is 434 g/mol. The number of benzene rings is 2. The summed E-state index contributed by atoms with van der Waals surface area (Å²) < 4.78 is 7.18. The Morgan fingerprint density at radius 1 is 1.06 bits per heavy atom. The lowest BCUT2D eigenvalue weighted by Crippen LogP contribution is -2.38. The van der Waals surface area contributed by atoms with Crippen molar-refractivity contribution in [2.45, 2.75) is 6.42 Å². The van der Waals surface area contributed by atoms with Crippen molar-refractivity contribution in [1.82, 2.24) is 15.2 Å². The second-order valence-corrected chi connectivity index (χ2v) is 7.77. The highest BCUT2D eigenvalue weighted by molar-refractivity contribution is 6.01. The molecular formula is C24H26N4O4. The SMILES string of the molecule is COc1ccccc1N1CC(C(=O)NCCNC(=O)c2cc3ccccc3n2C)CC1=O. The zero-order chi connectivity index (χ0) is 22.7. The van der Waals surface area contributed by atoms with E-state index in [1.807, 2.05) is 54.1 Å². The van der Waals surface area contributed by atoms with Gasteiger partial charge < -0.3 is 24.8 Å². The first-order chi connectivity index (χ1) is 15.5. The van der Waals surface area contributed by atoms with Crippen LogP contribution in [0, 0.1) is 5.92 Å². The highest BCUT2D eigenvalue weighted by Gasteiger charge is 2.36. The molecule has 0 radical (unpaired) electrons. The quantitative estimate of drug-likeness (QED) is 0.557. The summed E-state index contributed by atoms with van der Waals surface area (Å²) in [4.78, 5) is 39.2. The molecule has 1 aromatic heterocycles. The fourth-order valence-corrected chi connectivity index (χ4v) is 4.07. The van der Waals surface area contributed by atoms with Gasteiger partial charge in [0.05, 0.1) is 18.7 Å². The second-order valence-electron chi connectivity index (χ2n) is 7.77. The molecule has 1 aliphatic heterocycles. The van der Waals surface area contributed by atoms with E-state index in [-0.39, 0.29) is 30.7 Å². The summed E-state index contributed by atoms with van der Waals surface area (Å²) in [5.41, 5.74) is 2.21. The van der Waals surface area contributed by atoms with Crippen molar-refractivity contribution in [3.8, 4) is 5.75 Å². The molecular weight excluding hydrogens is 408 g/mol. The number of para-hydroxylation sites is 3. The molecule has 3 aromatic rings. The van der Waals surface area contributed by atoms with Gasteiger partial charge in [0.15, 0.2) is 0 Å². The maximum absolute atomic E-state index is 12.6. The van der Waals surface area contributed by atoms with Crippen LogP contribution < -0.4 is 20.3 Å². The number of nitrogens with zero attached hydrogens (tertiary/aromatic N) is 2. The molecule has 1 atom stereocenters. The van der Waals surface area contributed by atoms with Gasteiger partial charge >= 0.3 is 0 Å². The zero-order valence-electron chi connectivity index (χ0n) is 18.1. The van der Waals surface area contributed by atoms with Crippen LogP contribution in [0.25, 0.3) is 10.9 Å². The number of ether oxygens (including phenoxy) is 1. The van der Waals surface area contributed by atoms with Crippen LogP contribution in [0.3, 0.4) is 0 Å². The molecule has 0 aliphatic carbocycles. The average molecular weight is 434 g/mol. The van der Waals surface area contributed by atoms with Crippen LogP contribution in [0.15, 0.2) is 54.6 Å². The minimum Gasteiger partial charge on any atom is -0.495 e. The second kappa shape index (κ2) is 9.13. The molecule has 0 bridgehead atoms. The molecule has 4 rings (SSSR count). The molecule has 1 aliphatic rings. The van der Waals surface area contributed by atoms with Crippen LogP contribution >= 0.6 is 0 Å². The number of anilines is 1. The standard InChI is InChI=1S/C24H26N4O4/c1-27-18-8-4-3-7-16(18)13-20(27)24(31)26-12-11-25-23(30)17-14-22(29)28(15-17)19-9-5-6-10-21(19)32-2/h3-10,13,17H,11-12,14-15H2,1-2H3,(H,25,30)(H,26,31). The van der Waals surface area contributed by atoms with Crippen molar-refractivity contribution in [3.05, 3.63) is 60.3 Å². The number of aromatic nitrogens is 1. The van der Waals surface area contributed by atoms with E-state index in [1.165, 1.54) is 0 Å². The largest absolute Gasteiger partial charge is 0.495 e. The van der Waals surface area contributed by atoms with E-state index >= 15 is 0 Å². The molecule has 0 saturated carbocycles. The molecule has 2 aromatic carbocycles. The Morgan fingerprint density at radius 3 is 2.56 bits per heavy atom. The van der Waals surface area contributed by atoms with Gasteiger partial charge in [0, 0.05) is 44.0 Å². The van der Waals surface area contributed by atoms with E-state index in [2.05, 4.69) is 10.6 Å². The number of amides is 3. The van der Waals surface area contributed by atoms with Crippen LogP contribution in [0.4, 0.5) is 5.69 Å². The van der Waals surface area contributed by atoms with E-state index in [4.69, 9.17) is 4.74 Å². The van der Waals surface area contributed by atoms with E-state index in [0.29, 0.717) is 30.2 Å². The molecule has 3 amide bonds. The lowest BCUT2D eigenvalue weighted by Gasteiger charge is -2.19. The molecule has 0 spiro atoms. The van der Waals surface area contributed by atoms with Gasteiger partial charge in [-0.1, -0.05) is 30.3 Å². The third kappa shape index (κ3) is 4.16. The van der Waals surface area contributed by atoms with Gasteiger partial charge in [0.2, 0.25) is 11.8 Å². The maximum atomic E-state index is 12.6. The minimum absolute atomic E-state index is 0.112. The number of hydrogen-bond acceptors (Lipinski definition) is 4. The number of fused-ring (bicyclic) bond motifs is 1. The first-order valence-electron chi connectivity index (χ1n) is 10.5. The Hall–Kier alpha value is -3.81. The van der Waals surface area contributed by atoms with Gasteiger partial charge in [0.25, 0.3) is 5.91 Å². The Balaban J connectivity index is 1.28. The van der Waals surface area contributed by atoms with Crippen molar-refractivity contribution in [1.29, 1.82) is 0 Å². The number of rotatable bonds is 7. The topological polar surface area (TPSA) is 92.7 Å². The number of methoxy groups -OCH3 is 1. The Kier molecular flexibility index (Phi) is 6.11. The third-order valence-electron chi connectivity index (χ3n) is 5.77. The number of carbonyl (C=O) groups excluding carboxylic acids is 3. The third-order valence-corrected chi connectivity index (χ3v) is 5.77. The summed E-state index contributed by atoms with van der Waals surface area (Å²) in [6, 6.07) is 16.9. The lowest BCUT2D eigenvalue weighted by molar-refractivity contribution is -0.126. The van der Waals surface area contributed by atoms with Gasteiger partial charge in [-0.15, -0.1) is 0 Å². The van der Waals surface area contributed by atoms with Crippen LogP contribution in [0.5, 0.6) is 5.75 Å². The molecule has 2 heterocycles. The van der Waals surface area contributed by atoms with Crippen LogP contribution in [-0.4, -0.2) is 49.0 Å². The molecule has 1 saturated heterocycles. The summed E-state index contributed by atoms with van der Waals surface area (Å²) >= 11 is 0. The van der Waals surface area contributed by atoms with Gasteiger partial charge in [0.1, 0.15) is 11.4 Å². The normalized spacial score (nSPS) is 15.8. The van der Waals surface area contributed by atoms with Gasteiger partial charge in [-0.2, -0.15) is 0 Å². The Morgan fingerprint density at radius 2 is 1.78 bits per heavy atom. The summed E-state index contributed by atoms with van der Waals surface area (Å²) in [5, 5.41) is 6.66. The minimum atomic E-state index is -0.443. The Labute approximate surface area is 186 Å². The first-order valence-corrected chi connectivity index (χ1v) is 10.5. The van der Waals surface area contributed by atoms with E-state index < -0.39 is 5.92 Å². The number of aryl methyl sites for hydroxylation is 1. The number of nitrogens with one attached hydrogen (secondary N) is 2. The smallest absolute Gasteiger partial charge is 0.267 e. The Bertz CT molecular complexity index is 1170. The summed E-state index contributed by atoms with van der Waals surface area (Å²) in [6.45, 7) is 0.879. The van der Waals surface area contributed by atoms with Gasteiger partial charge in [-0.3, -0.25) is 14.4 Å². The zero-order valence-corrected chi connectivity index (χ0v) is 18.1. The molecule has 2 N–H and O–H groups in total. The average Bonchev–Trinajstić information content (AvgIpc) is 3.36. The molecule has 8 nitrogen and oxygen atoms in total. The highest BCUT2D eigenvalue weighted by atomic mass is 16.5. The molecule has 166 valence electrons. The predicted molar refractivity (Wildman–Crippen MR) is 122 cm³/mol. The molecule has 1 unspecified atom stereocenters. The van der Waals surface area contributed by atoms with Crippen LogP contribution in [0.1, 0.15) is 16.9 Å². The van der Waals surface area contributed by atoms with Crippen molar-refractivity contribution < 1.29 is 19.1 Å². The molecule has 1 fully saturated rings. The highest BCUT2D eigenvalue weighted by Crippen LogP contribution is 2.32. The van der Waals surface area contributed by atoms with Crippen molar-refractivity contribution in [2.75, 3.05) is 31.6 Å². The van der Waals surface area contributed by atoms with Crippen molar-refractivity contribution in [3.63, 3.8) is 0 Å². The van der Waals surface area contributed by atoms with E-state index in [9.17, 15) is 14.4 Å². The van der Waals surface area contributed by atoms with E-state index in [1.54, 1.807) is 24.1 Å². The number of hydrogen-bond donors (Lipinski definition) is 2. The van der Waals surface area contributed by atoms with E-state index in [0.717, 1.165) is 10.9 Å². The maximum Gasteiger partial charge on any atom is 0.267 e. The summed E-state index contributed by atoms with van der Waals surface area (Å²) in [7, 11) is 3.40. The van der Waals surface area contributed by atoms with Crippen molar-refractivity contribution in [2.24, 2.45) is 13.0 Å². The van der Waals surface area contributed by atoms with Crippen LogP contribution in [0.2, 0.25) is 0 Å². The summed E-state index contributed by atoms with van der Waals surface area (Å²) in [6.07, 6.45) is 0.145. The van der Waals surface area contributed by atoms with Gasteiger partial charge in [-0.05, 0) is 24.3 Å².